The quantitative estimate of drug-likeness (QED) is 0.698. The molecule has 1 heterocycles. The minimum atomic E-state index is -5.17. The fraction of sp³-hybridized carbons (Fsp3) is 0.167. The fourth-order valence-electron chi connectivity index (χ4n) is 1.97. The van der Waals surface area contributed by atoms with Gasteiger partial charge in [0.05, 0.1) is 11.1 Å². The normalized spacial score (nSPS) is 12.0. The summed E-state index contributed by atoms with van der Waals surface area (Å²) in [5, 5.41) is 17.7. The van der Waals surface area contributed by atoms with Crippen LogP contribution in [0.25, 0.3) is 11.0 Å². The molecule has 0 bridgehead atoms. The molecule has 0 saturated heterocycles. The Bertz CT molecular complexity index is 768. The Morgan fingerprint density at radius 2 is 1.05 bits per heavy atom. The van der Waals surface area contributed by atoms with E-state index in [-0.39, 0.29) is 0 Å². The predicted molar refractivity (Wildman–Crippen MR) is 59.0 cm³/mol. The predicted octanol–water partition coefficient (Wildman–Crippen LogP) is 3.41. The molecule has 0 amide bonds. The largest absolute Gasteiger partial charge is 0.419 e. The summed E-state index contributed by atoms with van der Waals surface area (Å²) >= 11 is 0. The van der Waals surface area contributed by atoms with Crippen molar-refractivity contribution in [1.29, 1.82) is 10.5 Å². The SMILES string of the molecule is N#Cc1c(C#N)c(C(F)(F)F)c2nccnc2c1C(F)(F)F. The molecule has 2 aromatic rings. The van der Waals surface area contributed by atoms with Gasteiger partial charge in [0.2, 0.25) is 0 Å². The van der Waals surface area contributed by atoms with Crippen molar-refractivity contribution in [2.24, 2.45) is 0 Å². The summed E-state index contributed by atoms with van der Waals surface area (Å²) in [4.78, 5) is 6.53. The van der Waals surface area contributed by atoms with Crippen LogP contribution in [0.1, 0.15) is 22.3 Å². The van der Waals surface area contributed by atoms with Crippen LogP contribution in [0, 0.1) is 22.7 Å². The second-order valence-electron chi connectivity index (χ2n) is 3.97. The number of halogens is 6. The molecule has 0 spiro atoms. The number of hydrogen-bond donors (Lipinski definition) is 0. The minimum absolute atomic E-state index is 0.769. The van der Waals surface area contributed by atoms with Gasteiger partial charge in [0.25, 0.3) is 0 Å². The summed E-state index contributed by atoms with van der Waals surface area (Å²) in [6.45, 7) is 0. The van der Waals surface area contributed by atoms with Crippen LogP contribution in [0.4, 0.5) is 26.3 Å². The van der Waals surface area contributed by atoms with E-state index in [9.17, 15) is 26.3 Å². The van der Waals surface area contributed by atoms with Gasteiger partial charge in [-0.2, -0.15) is 36.9 Å². The third-order valence-corrected chi connectivity index (χ3v) is 2.71. The molecule has 1 aromatic heterocycles. The number of alkyl halides is 6. The summed E-state index contributed by atoms with van der Waals surface area (Å²) in [6.07, 6.45) is -8.81. The Morgan fingerprint density at radius 3 is 1.27 bits per heavy atom. The van der Waals surface area contributed by atoms with Gasteiger partial charge in [-0.3, -0.25) is 9.97 Å². The highest BCUT2D eigenvalue weighted by atomic mass is 19.4. The van der Waals surface area contributed by atoms with Crippen LogP contribution in [0.3, 0.4) is 0 Å². The highest BCUT2D eigenvalue weighted by Gasteiger charge is 2.44. The van der Waals surface area contributed by atoms with Crippen molar-refractivity contribution in [3.63, 3.8) is 0 Å². The standard InChI is InChI=1S/C12H2F6N4/c13-11(14,15)7-5(3-19)6(4-20)8(12(16,17)18)10-9(7)21-1-2-22-10/h1-2H. The smallest absolute Gasteiger partial charge is 0.252 e. The second-order valence-corrected chi connectivity index (χ2v) is 3.97. The lowest BCUT2D eigenvalue weighted by Gasteiger charge is -2.17. The van der Waals surface area contributed by atoms with Gasteiger partial charge in [-0.15, -0.1) is 0 Å². The van der Waals surface area contributed by atoms with Crippen molar-refractivity contribution in [2.45, 2.75) is 12.4 Å². The van der Waals surface area contributed by atoms with E-state index in [2.05, 4.69) is 9.97 Å². The zero-order valence-electron chi connectivity index (χ0n) is 10.2. The van der Waals surface area contributed by atoms with Crippen LogP contribution < -0.4 is 0 Å². The van der Waals surface area contributed by atoms with Crippen LogP contribution in [0.5, 0.6) is 0 Å². The maximum atomic E-state index is 13.1. The topological polar surface area (TPSA) is 73.4 Å². The zero-order valence-corrected chi connectivity index (χ0v) is 10.2. The molecular weight excluding hydrogens is 314 g/mol. The van der Waals surface area contributed by atoms with E-state index in [0.717, 1.165) is 24.5 Å². The van der Waals surface area contributed by atoms with E-state index >= 15 is 0 Å². The first-order valence-corrected chi connectivity index (χ1v) is 5.38. The second kappa shape index (κ2) is 4.84. The first-order valence-electron chi connectivity index (χ1n) is 5.38. The maximum Gasteiger partial charge on any atom is 0.419 e. The van der Waals surface area contributed by atoms with E-state index in [1.807, 2.05) is 0 Å². The molecule has 2 rings (SSSR count). The molecule has 0 radical (unpaired) electrons. The van der Waals surface area contributed by atoms with E-state index in [1.54, 1.807) is 0 Å². The molecular formula is C12H2F6N4. The Morgan fingerprint density at radius 1 is 0.727 bits per heavy atom. The van der Waals surface area contributed by atoms with Crippen LogP contribution in [-0.2, 0) is 12.4 Å². The summed E-state index contributed by atoms with van der Waals surface area (Å²) in [6, 6.07) is 2.03. The van der Waals surface area contributed by atoms with Gasteiger partial charge in [-0.25, -0.2) is 0 Å². The molecule has 0 atom stereocenters. The Kier molecular flexibility index (Phi) is 3.41. The van der Waals surface area contributed by atoms with E-state index in [1.165, 1.54) is 0 Å². The molecule has 0 N–H and O–H groups in total. The van der Waals surface area contributed by atoms with Crippen molar-refractivity contribution in [2.75, 3.05) is 0 Å². The van der Waals surface area contributed by atoms with Crippen LogP contribution in [0.2, 0.25) is 0 Å². The fourth-order valence-corrected chi connectivity index (χ4v) is 1.97. The number of benzene rings is 1. The van der Waals surface area contributed by atoms with Gasteiger partial charge < -0.3 is 0 Å². The van der Waals surface area contributed by atoms with E-state index in [4.69, 9.17) is 10.5 Å². The minimum Gasteiger partial charge on any atom is -0.252 e. The average Bonchev–Trinajstić information content (AvgIpc) is 2.41. The molecule has 0 saturated carbocycles. The summed E-state index contributed by atoms with van der Waals surface area (Å²) in [7, 11) is 0. The van der Waals surface area contributed by atoms with Gasteiger partial charge in [0.15, 0.2) is 0 Å². The van der Waals surface area contributed by atoms with Gasteiger partial charge in [0.1, 0.15) is 34.3 Å². The van der Waals surface area contributed by atoms with E-state index < -0.39 is 45.6 Å². The third kappa shape index (κ3) is 2.29. The number of hydrogen-bond acceptors (Lipinski definition) is 4. The van der Waals surface area contributed by atoms with Crippen molar-refractivity contribution in [1.82, 2.24) is 9.97 Å². The molecule has 112 valence electrons. The Hall–Kier alpha value is -2.88. The molecule has 10 heteroatoms. The first kappa shape index (κ1) is 15.5. The van der Waals surface area contributed by atoms with Crippen molar-refractivity contribution >= 4 is 11.0 Å². The summed E-state index contributed by atoms with van der Waals surface area (Å²) in [5.74, 6) is 0. The highest BCUT2D eigenvalue weighted by molar-refractivity contribution is 5.88. The lowest BCUT2D eigenvalue weighted by molar-refractivity contribution is -0.140. The van der Waals surface area contributed by atoms with Crippen molar-refractivity contribution < 1.29 is 26.3 Å². The molecule has 0 aliphatic heterocycles. The number of aromatic nitrogens is 2. The van der Waals surface area contributed by atoms with Gasteiger partial charge in [-0.05, 0) is 0 Å². The van der Waals surface area contributed by atoms with Gasteiger partial charge in [0, 0.05) is 12.4 Å². The highest BCUT2D eigenvalue weighted by Crippen LogP contribution is 2.43. The Balaban J connectivity index is 3.21. The lowest BCUT2D eigenvalue weighted by atomic mass is 9.94. The number of rotatable bonds is 0. The van der Waals surface area contributed by atoms with Gasteiger partial charge >= 0.3 is 12.4 Å². The number of nitrogens with zero attached hydrogens (tertiary/aromatic N) is 4. The average molecular weight is 316 g/mol. The number of nitriles is 2. The van der Waals surface area contributed by atoms with Gasteiger partial charge in [-0.1, -0.05) is 0 Å². The van der Waals surface area contributed by atoms with Crippen LogP contribution in [-0.4, -0.2) is 9.97 Å². The van der Waals surface area contributed by atoms with Crippen LogP contribution >= 0.6 is 0 Å². The molecule has 1 aromatic carbocycles. The molecule has 0 aliphatic carbocycles. The first-order chi connectivity index (χ1) is 10.1. The molecule has 22 heavy (non-hydrogen) atoms. The van der Waals surface area contributed by atoms with Crippen molar-refractivity contribution in [3.05, 3.63) is 34.6 Å². The molecule has 0 aliphatic rings. The van der Waals surface area contributed by atoms with Crippen LogP contribution in [0.15, 0.2) is 12.4 Å². The van der Waals surface area contributed by atoms with Crippen molar-refractivity contribution in [3.8, 4) is 12.1 Å². The van der Waals surface area contributed by atoms with E-state index in [0.29, 0.717) is 0 Å². The molecule has 0 unspecified atom stereocenters. The number of fused-ring (bicyclic) bond motifs is 1. The summed E-state index contributed by atoms with van der Waals surface area (Å²) < 4.78 is 78.6. The molecule has 0 fully saturated rings. The summed E-state index contributed by atoms with van der Waals surface area (Å²) in [5.41, 5.74) is -8.51. The third-order valence-electron chi connectivity index (χ3n) is 2.71. The Labute approximate surface area is 118 Å². The molecule has 4 nitrogen and oxygen atoms in total. The zero-order chi connectivity index (χ0) is 16.7. The maximum absolute atomic E-state index is 13.1. The monoisotopic (exact) mass is 316 g/mol. The lowest BCUT2D eigenvalue weighted by Crippen LogP contribution is -2.17.